The van der Waals surface area contributed by atoms with E-state index in [9.17, 15) is 10.1 Å². The van der Waals surface area contributed by atoms with E-state index in [1.807, 2.05) is 4.90 Å². The van der Waals surface area contributed by atoms with Crippen molar-refractivity contribution in [3.63, 3.8) is 0 Å². The van der Waals surface area contributed by atoms with Crippen LogP contribution in [0.2, 0.25) is 0 Å². The van der Waals surface area contributed by atoms with E-state index in [0.717, 1.165) is 19.4 Å². The van der Waals surface area contributed by atoms with Gasteiger partial charge in [-0.2, -0.15) is 4.98 Å². The molecule has 0 radical (unpaired) electrons. The molecule has 1 aliphatic rings. The van der Waals surface area contributed by atoms with Gasteiger partial charge < -0.3 is 4.90 Å². The molecule has 3 N–H and O–H groups in total. The van der Waals surface area contributed by atoms with Gasteiger partial charge in [0.05, 0.1) is 4.92 Å². The van der Waals surface area contributed by atoms with Gasteiger partial charge in [0, 0.05) is 12.6 Å². The molecule has 110 valence electrons. The normalized spacial score (nSPS) is 14.4. The standard InChI is InChI=1S/C12H20N6O2/c1-7(2)6-17(9-4-5-9)11-10(18(19)20)8(3)14-12(15-11)16-13/h7,9H,4-6,13H2,1-3H3,(H,14,15,16). The van der Waals surface area contributed by atoms with Crippen LogP contribution in [0, 0.1) is 23.0 Å². The summed E-state index contributed by atoms with van der Waals surface area (Å²) in [6.45, 7) is 6.49. The predicted octanol–water partition coefficient (Wildman–Crippen LogP) is 1.60. The number of nitrogen functional groups attached to an aromatic ring is 1. The lowest BCUT2D eigenvalue weighted by molar-refractivity contribution is -0.385. The summed E-state index contributed by atoms with van der Waals surface area (Å²) in [5.41, 5.74) is 2.66. The Morgan fingerprint density at radius 3 is 2.60 bits per heavy atom. The van der Waals surface area contributed by atoms with E-state index in [1.165, 1.54) is 0 Å². The van der Waals surface area contributed by atoms with Gasteiger partial charge in [-0.1, -0.05) is 13.8 Å². The average Bonchev–Trinajstić information content (AvgIpc) is 3.18. The van der Waals surface area contributed by atoms with Gasteiger partial charge in [0.15, 0.2) is 0 Å². The summed E-state index contributed by atoms with van der Waals surface area (Å²) in [6, 6.07) is 0.330. The van der Waals surface area contributed by atoms with E-state index in [1.54, 1.807) is 6.92 Å². The first-order chi connectivity index (χ1) is 9.43. The van der Waals surface area contributed by atoms with Gasteiger partial charge in [0.2, 0.25) is 11.8 Å². The van der Waals surface area contributed by atoms with Crippen LogP contribution >= 0.6 is 0 Å². The molecular weight excluding hydrogens is 260 g/mol. The smallest absolute Gasteiger partial charge is 0.332 e. The minimum absolute atomic E-state index is 0.0310. The fraction of sp³-hybridized carbons (Fsp3) is 0.667. The molecule has 0 unspecified atom stereocenters. The number of nitrogens with two attached hydrogens (primary N) is 1. The summed E-state index contributed by atoms with van der Waals surface area (Å²) in [6.07, 6.45) is 2.08. The third-order valence-electron chi connectivity index (χ3n) is 3.17. The van der Waals surface area contributed by atoms with Crippen molar-refractivity contribution in [3.05, 3.63) is 15.8 Å². The Morgan fingerprint density at radius 2 is 2.15 bits per heavy atom. The van der Waals surface area contributed by atoms with Gasteiger partial charge in [-0.05, 0) is 25.7 Å². The molecule has 1 saturated carbocycles. The molecule has 1 aromatic rings. The molecule has 2 rings (SSSR count). The number of nitrogens with one attached hydrogen (secondary N) is 1. The van der Waals surface area contributed by atoms with E-state index in [2.05, 4.69) is 29.2 Å². The van der Waals surface area contributed by atoms with Crippen LogP contribution in [0.5, 0.6) is 0 Å². The van der Waals surface area contributed by atoms with Gasteiger partial charge in [-0.15, -0.1) is 0 Å². The summed E-state index contributed by atoms with van der Waals surface area (Å²) < 4.78 is 0. The number of nitro groups is 1. The highest BCUT2D eigenvalue weighted by atomic mass is 16.6. The van der Waals surface area contributed by atoms with Crippen LogP contribution in [0.3, 0.4) is 0 Å². The first-order valence-electron chi connectivity index (χ1n) is 6.70. The van der Waals surface area contributed by atoms with Crippen LogP contribution in [0.25, 0.3) is 0 Å². The molecule has 0 atom stereocenters. The third kappa shape index (κ3) is 2.96. The zero-order valence-electron chi connectivity index (χ0n) is 12.0. The van der Waals surface area contributed by atoms with Crippen LogP contribution in [-0.2, 0) is 0 Å². The maximum Gasteiger partial charge on any atom is 0.332 e. The van der Waals surface area contributed by atoms with Crippen molar-refractivity contribution in [3.8, 4) is 0 Å². The van der Waals surface area contributed by atoms with E-state index in [-0.39, 0.29) is 11.6 Å². The molecule has 0 spiro atoms. The summed E-state index contributed by atoms with van der Waals surface area (Å²) in [5.74, 6) is 6.31. The second-order valence-corrected chi connectivity index (χ2v) is 5.48. The molecule has 1 aliphatic carbocycles. The van der Waals surface area contributed by atoms with Crippen LogP contribution in [0.15, 0.2) is 0 Å². The predicted molar refractivity (Wildman–Crippen MR) is 76.4 cm³/mol. The Morgan fingerprint density at radius 1 is 1.50 bits per heavy atom. The van der Waals surface area contributed by atoms with E-state index >= 15 is 0 Å². The van der Waals surface area contributed by atoms with Crippen LogP contribution in [-0.4, -0.2) is 27.5 Å². The number of aromatic nitrogens is 2. The molecule has 1 aromatic heterocycles. The highest BCUT2D eigenvalue weighted by Gasteiger charge is 2.36. The fourth-order valence-electron chi connectivity index (χ4n) is 2.22. The van der Waals surface area contributed by atoms with Gasteiger partial charge in [-0.25, -0.2) is 10.8 Å². The highest BCUT2D eigenvalue weighted by Crippen LogP contribution is 2.37. The van der Waals surface area contributed by atoms with Gasteiger partial charge >= 0.3 is 5.69 Å². The first-order valence-corrected chi connectivity index (χ1v) is 6.70. The van der Waals surface area contributed by atoms with Crippen molar-refractivity contribution in [2.45, 2.75) is 39.7 Å². The number of hydrogen-bond donors (Lipinski definition) is 2. The van der Waals surface area contributed by atoms with Crippen molar-refractivity contribution < 1.29 is 4.92 Å². The lowest BCUT2D eigenvalue weighted by Gasteiger charge is -2.25. The Hall–Kier alpha value is -1.96. The topological polar surface area (TPSA) is 110 Å². The van der Waals surface area contributed by atoms with Crippen molar-refractivity contribution in [1.82, 2.24) is 9.97 Å². The number of hydrogen-bond acceptors (Lipinski definition) is 7. The molecule has 0 aliphatic heterocycles. The van der Waals surface area contributed by atoms with Crippen LogP contribution in [0.1, 0.15) is 32.4 Å². The van der Waals surface area contributed by atoms with Crippen molar-refractivity contribution in [2.75, 3.05) is 16.9 Å². The molecule has 8 heteroatoms. The Labute approximate surface area is 117 Å². The molecule has 0 amide bonds. The Kier molecular flexibility index (Phi) is 4.03. The molecule has 1 heterocycles. The number of aryl methyl sites for hydroxylation is 1. The minimum Gasteiger partial charge on any atom is -0.347 e. The number of anilines is 2. The second-order valence-electron chi connectivity index (χ2n) is 5.48. The van der Waals surface area contributed by atoms with E-state index < -0.39 is 4.92 Å². The monoisotopic (exact) mass is 280 g/mol. The lowest BCUT2D eigenvalue weighted by Crippen LogP contribution is -2.32. The Bertz CT molecular complexity index is 515. The van der Waals surface area contributed by atoms with Gasteiger partial charge in [0.1, 0.15) is 5.69 Å². The molecule has 0 aromatic carbocycles. The number of nitrogens with zero attached hydrogens (tertiary/aromatic N) is 4. The molecular formula is C12H20N6O2. The zero-order chi connectivity index (χ0) is 14.9. The van der Waals surface area contributed by atoms with Crippen LogP contribution < -0.4 is 16.2 Å². The maximum atomic E-state index is 11.3. The largest absolute Gasteiger partial charge is 0.347 e. The van der Waals surface area contributed by atoms with Gasteiger partial charge in [-0.3, -0.25) is 15.5 Å². The second kappa shape index (κ2) is 5.58. The van der Waals surface area contributed by atoms with Crippen LogP contribution in [0.4, 0.5) is 17.5 Å². The molecule has 0 saturated heterocycles. The van der Waals surface area contributed by atoms with Gasteiger partial charge in [0.25, 0.3) is 0 Å². The van der Waals surface area contributed by atoms with E-state index in [4.69, 9.17) is 5.84 Å². The minimum atomic E-state index is -0.416. The molecule has 0 bridgehead atoms. The fourth-order valence-corrected chi connectivity index (χ4v) is 2.22. The summed E-state index contributed by atoms with van der Waals surface area (Å²) in [7, 11) is 0. The first kappa shape index (κ1) is 14.4. The quantitative estimate of drug-likeness (QED) is 0.462. The van der Waals surface area contributed by atoms with Crippen molar-refractivity contribution in [2.24, 2.45) is 11.8 Å². The zero-order valence-corrected chi connectivity index (χ0v) is 12.0. The third-order valence-corrected chi connectivity index (χ3v) is 3.17. The number of rotatable bonds is 6. The number of hydrazine groups is 1. The van der Waals surface area contributed by atoms with Crippen molar-refractivity contribution in [1.29, 1.82) is 0 Å². The molecule has 1 fully saturated rings. The summed E-state index contributed by atoms with van der Waals surface area (Å²) in [4.78, 5) is 21.1. The highest BCUT2D eigenvalue weighted by molar-refractivity contribution is 5.63. The average molecular weight is 280 g/mol. The lowest BCUT2D eigenvalue weighted by atomic mass is 10.2. The molecule has 8 nitrogen and oxygen atoms in total. The van der Waals surface area contributed by atoms with E-state index in [0.29, 0.717) is 23.5 Å². The Balaban J connectivity index is 2.50. The van der Waals surface area contributed by atoms with Crippen molar-refractivity contribution >= 4 is 17.5 Å². The SMILES string of the molecule is Cc1nc(NN)nc(N(CC(C)C)C2CC2)c1[N+](=O)[O-]. The maximum absolute atomic E-state index is 11.3. The summed E-state index contributed by atoms with van der Waals surface area (Å²) >= 11 is 0. The molecule has 20 heavy (non-hydrogen) atoms. The summed E-state index contributed by atoms with van der Waals surface area (Å²) in [5, 5.41) is 11.3.